The molecule has 1 aliphatic heterocycles. The Kier molecular flexibility index (Phi) is 3.68. The van der Waals surface area contributed by atoms with Gasteiger partial charge in [-0.2, -0.15) is 10.1 Å². The van der Waals surface area contributed by atoms with Crippen molar-refractivity contribution in [2.75, 3.05) is 19.6 Å². The molecule has 3 heterocycles. The fraction of sp³-hybridized carbons (Fsp3) is 0.636. The summed E-state index contributed by atoms with van der Waals surface area (Å²) in [6, 6.07) is 0. The van der Waals surface area contributed by atoms with E-state index >= 15 is 0 Å². The molecule has 1 fully saturated rings. The first kappa shape index (κ1) is 13.1. The summed E-state index contributed by atoms with van der Waals surface area (Å²) >= 11 is 0. The van der Waals surface area contributed by atoms with Crippen LogP contribution in [0.1, 0.15) is 24.7 Å². The van der Waals surface area contributed by atoms with Gasteiger partial charge in [-0.3, -0.25) is 10.00 Å². The monoisotopic (exact) mass is 284 g/mol. The maximum Gasteiger partial charge on any atom is 0.251 e. The summed E-state index contributed by atoms with van der Waals surface area (Å²) < 4.78 is 29.8. The molecule has 20 heavy (non-hydrogen) atoms. The van der Waals surface area contributed by atoms with E-state index in [1.54, 1.807) is 4.90 Å². The van der Waals surface area contributed by atoms with Gasteiger partial charge in [0.2, 0.25) is 11.7 Å². The zero-order valence-corrected chi connectivity index (χ0v) is 10.7. The highest BCUT2D eigenvalue weighted by Gasteiger charge is 2.26. The van der Waals surface area contributed by atoms with Crippen LogP contribution in [0.4, 0.5) is 8.78 Å². The minimum atomic E-state index is -2.28. The van der Waals surface area contributed by atoms with Crippen molar-refractivity contribution >= 4 is 0 Å². The van der Waals surface area contributed by atoms with E-state index in [4.69, 9.17) is 4.52 Å². The summed E-state index contributed by atoms with van der Waals surface area (Å²) in [5.41, 5.74) is 0. The van der Waals surface area contributed by atoms with Crippen molar-refractivity contribution in [3.05, 3.63) is 12.2 Å². The molecule has 0 amide bonds. The molecular weight excluding hydrogens is 270 g/mol. The normalized spacial score (nSPS) is 17.9. The summed E-state index contributed by atoms with van der Waals surface area (Å²) in [7, 11) is 0. The summed E-state index contributed by atoms with van der Waals surface area (Å²) in [6.07, 6.45) is 0.567. The van der Waals surface area contributed by atoms with E-state index in [0.717, 1.165) is 12.8 Å². The van der Waals surface area contributed by atoms with Crippen LogP contribution in [0.2, 0.25) is 0 Å². The van der Waals surface area contributed by atoms with Gasteiger partial charge in [0, 0.05) is 5.92 Å². The van der Waals surface area contributed by atoms with Gasteiger partial charge >= 0.3 is 0 Å². The lowest BCUT2D eigenvalue weighted by Crippen LogP contribution is -2.36. The van der Waals surface area contributed by atoms with Crippen molar-refractivity contribution in [2.24, 2.45) is 0 Å². The van der Waals surface area contributed by atoms with Crippen LogP contribution in [-0.2, 0) is 0 Å². The molecule has 1 aliphatic rings. The first-order chi connectivity index (χ1) is 9.72. The molecule has 9 heteroatoms. The van der Waals surface area contributed by atoms with Gasteiger partial charge in [-0.15, -0.1) is 0 Å². The number of halogens is 2. The Hall–Kier alpha value is -1.90. The highest BCUT2D eigenvalue weighted by Crippen LogP contribution is 2.27. The molecule has 3 rings (SSSR count). The van der Waals surface area contributed by atoms with E-state index < -0.39 is 6.43 Å². The molecule has 1 N–H and O–H groups in total. The van der Waals surface area contributed by atoms with Crippen LogP contribution in [0.3, 0.4) is 0 Å². The Morgan fingerprint density at radius 1 is 1.40 bits per heavy atom. The fourth-order valence-corrected chi connectivity index (χ4v) is 2.37. The van der Waals surface area contributed by atoms with E-state index in [1.165, 1.54) is 6.33 Å². The van der Waals surface area contributed by atoms with Crippen molar-refractivity contribution in [3.8, 4) is 11.6 Å². The number of H-pyrrole nitrogens is 1. The topological polar surface area (TPSA) is 83.7 Å². The average Bonchev–Trinajstić information content (AvgIpc) is 3.10. The second-order valence-electron chi connectivity index (χ2n) is 4.76. The van der Waals surface area contributed by atoms with Crippen LogP contribution in [0.25, 0.3) is 11.6 Å². The third-order valence-corrected chi connectivity index (χ3v) is 3.40. The van der Waals surface area contributed by atoms with Crippen molar-refractivity contribution in [2.45, 2.75) is 25.2 Å². The molecule has 0 atom stereocenters. The summed E-state index contributed by atoms with van der Waals surface area (Å²) in [5.74, 6) is 1.48. The number of nitrogens with zero attached hydrogens (tertiary/aromatic N) is 5. The van der Waals surface area contributed by atoms with Crippen molar-refractivity contribution in [1.29, 1.82) is 0 Å². The first-order valence-electron chi connectivity index (χ1n) is 6.42. The third kappa shape index (κ3) is 2.82. The number of hydrogen-bond donors (Lipinski definition) is 1. The van der Waals surface area contributed by atoms with E-state index in [9.17, 15) is 8.78 Å². The van der Waals surface area contributed by atoms with E-state index in [-0.39, 0.29) is 12.5 Å². The van der Waals surface area contributed by atoms with Crippen LogP contribution in [0.5, 0.6) is 0 Å². The average molecular weight is 284 g/mol. The minimum Gasteiger partial charge on any atom is -0.339 e. The lowest BCUT2D eigenvalue weighted by molar-refractivity contribution is 0.0731. The maximum absolute atomic E-state index is 12.3. The number of aromatic nitrogens is 5. The molecule has 2 aromatic heterocycles. The molecular formula is C11H14F2N6O. The van der Waals surface area contributed by atoms with Gasteiger partial charge in [0.1, 0.15) is 6.33 Å². The number of nitrogens with one attached hydrogen (secondary N) is 1. The van der Waals surface area contributed by atoms with Gasteiger partial charge in [0.15, 0.2) is 5.82 Å². The number of hydrogen-bond acceptors (Lipinski definition) is 6. The Morgan fingerprint density at radius 3 is 2.85 bits per heavy atom. The Bertz CT molecular complexity index is 535. The molecule has 0 spiro atoms. The standard InChI is InChI=1S/C11H14F2N6O/c12-8(13)5-19-3-1-7(2-4-19)11-16-10(18-20-11)9-14-6-15-17-9/h6-8H,1-5H2,(H,14,15,17). The molecule has 0 unspecified atom stereocenters. The second-order valence-corrected chi connectivity index (χ2v) is 4.76. The summed E-state index contributed by atoms with van der Waals surface area (Å²) in [4.78, 5) is 9.99. The maximum atomic E-state index is 12.3. The molecule has 108 valence electrons. The van der Waals surface area contributed by atoms with Gasteiger partial charge in [0.05, 0.1) is 6.54 Å². The Labute approximate surface area is 113 Å². The van der Waals surface area contributed by atoms with Crippen LogP contribution >= 0.6 is 0 Å². The Morgan fingerprint density at radius 2 is 2.20 bits per heavy atom. The molecule has 0 bridgehead atoms. The molecule has 2 aromatic rings. The fourth-order valence-electron chi connectivity index (χ4n) is 2.37. The zero-order valence-electron chi connectivity index (χ0n) is 10.7. The number of likely N-dealkylation sites (tertiary alicyclic amines) is 1. The molecule has 0 saturated carbocycles. The number of rotatable bonds is 4. The predicted octanol–water partition coefficient (Wildman–Crippen LogP) is 1.30. The quantitative estimate of drug-likeness (QED) is 0.911. The van der Waals surface area contributed by atoms with Gasteiger partial charge in [0.25, 0.3) is 6.43 Å². The molecule has 1 saturated heterocycles. The molecule has 0 aliphatic carbocycles. The van der Waals surface area contributed by atoms with Gasteiger partial charge in [-0.25, -0.2) is 13.8 Å². The van der Waals surface area contributed by atoms with Crippen LogP contribution in [-0.4, -0.2) is 56.3 Å². The van der Waals surface area contributed by atoms with Crippen molar-refractivity contribution < 1.29 is 13.3 Å². The SMILES string of the molecule is FC(F)CN1CCC(c2nc(-c3ncn[nH]3)no2)CC1. The smallest absolute Gasteiger partial charge is 0.251 e. The van der Waals surface area contributed by atoms with E-state index in [0.29, 0.717) is 30.6 Å². The van der Waals surface area contributed by atoms with Crippen molar-refractivity contribution in [3.63, 3.8) is 0 Å². The highest BCUT2D eigenvalue weighted by molar-refractivity contribution is 5.39. The van der Waals surface area contributed by atoms with E-state index in [1.807, 2.05) is 0 Å². The lowest BCUT2D eigenvalue weighted by Gasteiger charge is -2.29. The van der Waals surface area contributed by atoms with Gasteiger partial charge < -0.3 is 4.52 Å². The number of piperidine rings is 1. The van der Waals surface area contributed by atoms with Crippen molar-refractivity contribution in [1.82, 2.24) is 30.2 Å². The van der Waals surface area contributed by atoms with Crippen LogP contribution in [0, 0.1) is 0 Å². The minimum absolute atomic E-state index is 0.119. The summed E-state index contributed by atoms with van der Waals surface area (Å²) in [5, 5.41) is 10.2. The lowest BCUT2D eigenvalue weighted by atomic mass is 9.97. The largest absolute Gasteiger partial charge is 0.339 e. The van der Waals surface area contributed by atoms with Crippen LogP contribution < -0.4 is 0 Å². The molecule has 7 nitrogen and oxygen atoms in total. The van der Waals surface area contributed by atoms with Gasteiger partial charge in [-0.05, 0) is 25.9 Å². The zero-order chi connectivity index (χ0) is 13.9. The predicted molar refractivity (Wildman–Crippen MR) is 64.1 cm³/mol. The van der Waals surface area contributed by atoms with Crippen LogP contribution in [0.15, 0.2) is 10.9 Å². The number of aromatic amines is 1. The molecule has 0 aromatic carbocycles. The van der Waals surface area contributed by atoms with Gasteiger partial charge in [-0.1, -0.05) is 5.16 Å². The third-order valence-electron chi connectivity index (χ3n) is 3.40. The van der Waals surface area contributed by atoms with E-state index in [2.05, 4.69) is 25.3 Å². The summed E-state index contributed by atoms with van der Waals surface area (Å²) in [6.45, 7) is 1.07. The highest BCUT2D eigenvalue weighted by atomic mass is 19.3. The number of alkyl halides is 2. The molecule has 0 radical (unpaired) electrons. The Balaban J connectivity index is 1.61. The first-order valence-corrected chi connectivity index (χ1v) is 6.42. The second kappa shape index (κ2) is 5.61.